The lowest BCUT2D eigenvalue weighted by Crippen LogP contribution is -2.25. The number of thioether (sulfide) groups is 1. The van der Waals surface area contributed by atoms with Crippen LogP contribution in [0.3, 0.4) is 0 Å². The molecule has 1 aromatic rings. The number of hydrogen-bond acceptors (Lipinski definition) is 5. The number of nitrogens with zero attached hydrogens (tertiary/aromatic N) is 1. The van der Waals surface area contributed by atoms with Crippen molar-refractivity contribution in [2.75, 3.05) is 11.5 Å². The van der Waals surface area contributed by atoms with Crippen LogP contribution in [0, 0.1) is 0 Å². The molecule has 0 atom stereocenters. The maximum absolute atomic E-state index is 12.2. The number of aliphatic carboxylic acids is 1. The second kappa shape index (κ2) is 6.75. The molecule has 106 valence electrons. The van der Waals surface area contributed by atoms with Crippen LogP contribution in [-0.2, 0) is 22.3 Å². The van der Waals surface area contributed by atoms with Crippen LogP contribution >= 0.6 is 23.1 Å². The van der Waals surface area contributed by atoms with E-state index in [0.717, 1.165) is 28.5 Å². The Morgan fingerprint density at radius 2 is 2.11 bits per heavy atom. The predicted octanol–water partition coefficient (Wildman–Crippen LogP) is 1.60. The average Bonchev–Trinajstić information content (AvgIpc) is 2.74. The summed E-state index contributed by atoms with van der Waals surface area (Å²) in [7, 11) is 0. The number of amides is 1. The average molecular weight is 314 g/mol. The maximum atomic E-state index is 12.2. The topological polar surface area (TPSA) is 79.3 Å². The quantitative estimate of drug-likeness (QED) is 0.834. The third-order valence-electron chi connectivity index (χ3n) is 1.74. The first-order chi connectivity index (χ1) is 8.79. The molecule has 0 aliphatic rings. The second-order valence-corrected chi connectivity index (χ2v) is 5.22. The third kappa shape index (κ3) is 5.92. The van der Waals surface area contributed by atoms with Gasteiger partial charge in [-0.3, -0.25) is 9.59 Å². The van der Waals surface area contributed by atoms with E-state index in [1.54, 1.807) is 0 Å². The molecule has 1 aromatic heterocycles. The van der Waals surface area contributed by atoms with E-state index in [0.29, 0.717) is 0 Å². The lowest BCUT2D eigenvalue weighted by atomic mass is 10.5. The highest BCUT2D eigenvalue weighted by Crippen LogP contribution is 2.29. The van der Waals surface area contributed by atoms with Crippen molar-refractivity contribution in [2.24, 2.45) is 0 Å². The number of carbonyl (C=O) groups excluding carboxylic acids is 1. The van der Waals surface area contributed by atoms with E-state index >= 15 is 0 Å². The Bertz CT molecular complexity index is 462. The maximum Gasteiger partial charge on any atom is 0.434 e. The van der Waals surface area contributed by atoms with Crippen molar-refractivity contribution in [2.45, 2.75) is 12.7 Å². The number of carboxylic acid groups (broad SMARTS) is 1. The molecule has 0 saturated heterocycles. The Kier molecular flexibility index (Phi) is 5.60. The van der Waals surface area contributed by atoms with Gasteiger partial charge < -0.3 is 10.4 Å². The lowest BCUT2D eigenvalue weighted by Gasteiger charge is -2.02. The van der Waals surface area contributed by atoms with E-state index in [1.165, 1.54) is 0 Å². The number of nitrogens with one attached hydrogen (secondary N) is 1. The highest BCUT2D eigenvalue weighted by molar-refractivity contribution is 8.00. The van der Waals surface area contributed by atoms with Crippen LogP contribution in [0.4, 0.5) is 13.2 Å². The van der Waals surface area contributed by atoms with Gasteiger partial charge in [0.05, 0.1) is 18.1 Å². The minimum absolute atomic E-state index is 0.0657. The Hall–Kier alpha value is -1.29. The van der Waals surface area contributed by atoms with Crippen molar-refractivity contribution in [1.29, 1.82) is 0 Å². The highest BCUT2D eigenvalue weighted by atomic mass is 32.2. The van der Waals surface area contributed by atoms with Gasteiger partial charge in [0, 0.05) is 5.38 Å². The number of thiazole rings is 1. The standard InChI is InChI=1S/C9H9F3N2O3S2/c10-9(11,12)5-2-19-7(14-5)1-13-6(15)3-18-4-8(16)17/h2H,1,3-4H2,(H,13,15)(H,16,17). The summed E-state index contributed by atoms with van der Waals surface area (Å²) in [4.78, 5) is 24.8. The number of carboxylic acids is 1. The predicted molar refractivity (Wildman–Crippen MR) is 63.9 cm³/mol. The van der Waals surface area contributed by atoms with Gasteiger partial charge in [-0.15, -0.1) is 23.1 Å². The van der Waals surface area contributed by atoms with Crippen molar-refractivity contribution < 1.29 is 27.9 Å². The fourth-order valence-electron chi connectivity index (χ4n) is 0.979. The normalized spacial score (nSPS) is 11.3. The fraction of sp³-hybridized carbons (Fsp3) is 0.444. The molecule has 0 fully saturated rings. The zero-order valence-corrected chi connectivity index (χ0v) is 11.0. The first kappa shape index (κ1) is 15.8. The summed E-state index contributed by atoms with van der Waals surface area (Å²) >= 11 is 1.71. The Balaban J connectivity index is 2.34. The minimum atomic E-state index is -4.49. The molecule has 0 aliphatic carbocycles. The van der Waals surface area contributed by atoms with Crippen molar-refractivity contribution >= 4 is 35.0 Å². The fourth-order valence-corrected chi connectivity index (χ4v) is 2.28. The van der Waals surface area contributed by atoms with Crippen LogP contribution in [0.5, 0.6) is 0 Å². The number of halogens is 3. The van der Waals surface area contributed by atoms with Crippen LogP contribution in [0.1, 0.15) is 10.7 Å². The van der Waals surface area contributed by atoms with Crippen LogP contribution in [0.2, 0.25) is 0 Å². The summed E-state index contributed by atoms with van der Waals surface area (Å²) < 4.78 is 36.7. The van der Waals surface area contributed by atoms with E-state index in [1.807, 2.05) is 0 Å². The van der Waals surface area contributed by atoms with Gasteiger partial charge in [0.25, 0.3) is 0 Å². The first-order valence-corrected chi connectivity index (χ1v) is 6.90. The van der Waals surface area contributed by atoms with Crippen LogP contribution < -0.4 is 5.32 Å². The minimum Gasteiger partial charge on any atom is -0.481 e. The molecular formula is C9H9F3N2O3S2. The SMILES string of the molecule is O=C(O)CSCC(=O)NCc1nc(C(F)(F)F)cs1. The van der Waals surface area contributed by atoms with E-state index < -0.39 is 23.7 Å². The Morgan fingerprint density at radius 3 is 2.63 bits per heavy atom. The van der Waals surface area contributed by atoms with Gasteiger partial charge in [-0.05, 0) is 0 Å². The lowest BCUT2D eigenvalue weighted by molar-refractivity contribution is -0.140. The van der Waals surface area contributed by atoms with Gasteiger partial charge in [-0.1, -0.05) is 0 Å². The Labute approximate surface area is 114 Å². The highest BCUT2D eigenvalue weighted by Gasteiger charge is 2.33. The second-order valence-electron chi connectivity index (χ2n) is 3.29. The van der Waals surface area contributed by atoms with Crippen LogP contribution in [-0.4, -0.2) is 33.5 Å². The number of hydrogen-bond donors (Lipinski definition) is 2. The van der Waals surface area contributed by atoms with Crippen molar-refractivity contribution in [1.82, 2.24) is 10.3 Å². The third-order valence-corrected chi connectivity index (χ3v) is 3.50. The molecule has 0 aromatic carbocycles. The summed E-state index contributed by atoms with van der Waals surface area (Å²) in [5, 5.41) is 11.7. The number of aromatic nitrogens is 1. The summed E-state index contributed by atoms with van der Waals surface area (Å²) in [6.07, 6.45) is -4.49. The summed E-state index contributed by atoms with van der Waals surface area (Å²) in [5.41, 5.74) is -0.984. The molecule has 0 aliphatic heterocycles. The molecule has 2 N–H and O–H groups in total. The van der Waals surface area contributed by atoms with Crippen molar-refractivity contribution in [3.63, 3.8) is 0 Å². The van der Waals surface area contributed by atoms with Gasteiger partial charge in [0.2, 0.25) is 5.91 Å². The molecule has 0 bridgehead atoms. The first-order valence-electron chi connectivity index (χ1n) is 4.87. The van der Waals surface area contributed by atoms with Crippen molar-refractivity contribution in [3.8, 4) is 0 Å². The van der Waals surface area contributed by atoms with E-state index in [-0.39, 0.29) is 23.1 Å². The Morgan fingerprint density at radius 1 is 1.42 bits per heavy atom. The monoisotopic (exact) mass is 314 g/mol. The smallest absolute Gasteiger partial charge is 0.434 e. The number of rotatable bonds is 6. The molecule has 1 amide bonds. The molecular weight excluding hydrogens is 305 g/mol. The van der Waals surface area contributed by atoms with Gasteiger partial charge in [-0.25, -0.2) is 4.98 Å². The number of carbonyl (C=O) groups is 2. The number of alkyl halides is 3. The van der Waals surface area contributed by atoms with Crippen LogP contribution in [0.25, 0.3) is 0 Å². The largest absolute Gasteiger partial charge is 0.481 e. The van der Waals surface area contributed by atoms with Crippen molar-refractivity contribution in [3.05, 3.63) is 16.1 Å². The van der Waals surface area contributed by atoms with Gasteiger partial charge >= 0.3 is 12.1 Å². The van der Waals surface area contributed by atoms with Gasteiger partial charge in [0.1, 0.15) is 5.01 Å². The molecule has 1 rings (SSSR count). The molecule has 10 heteroatoms. The molecule has 0 unspecified atom stereocenters. The zero-order valence-electron chi connectivity index (χ0n) is 9.36. The van der Waals surface area contributed by atoms with E-state index in [4.69, 9.17) is 5.11 Å². The molecule has 0 spiro atoms. The van der Waals surface area contributed by atoms with Gasteiger partial charge in [0.15, 0.2) is 5.69 Å². The summed E-state index contributed by atoms with van der Waals surface area (Å²) in [5.74, 6) is -1.75. The summed E-state index contributed by atoms with van der Waals surface area (Å²) in [6.45, 7) is -0.104. The molecule has 0 saturated carbocycles. The van der Waals surface area contributed by atoms with E-state index in [9.17, 15) is 22.8 Å². The molecule has 19 heavy (non-hydrogen) atoms. The molecule has 0 radical (unpaired) electrons. The van der Waals surface area contributed by atoms with Crippen LogP contribution in [0.15, 0.2) is 5.38 Å². The molecule has 5 nitrogen and oxygen atoms in total. The van der Waals surface area contributed by atoms with Gasteiger partial charge in [-0.2, -0.15) is 13.2 Å². The molecule has 1 heterocycles. The summed E-state index contributed by atoms with van der Waals surface area (Å²) in [6, 6.07) is 0. The zero-order chi connectivity index (χ0) is 14.5. The van der Waals surface area contributed by atoms with E-state index in [2.05, 4.69) is 10.3 Å².